The Balaban J connectivity index is 0.000000301. The molecule has 2 N–H and O–H groups in total. The molecular formula is C22H26F7N3O6. The number of pyridine rings is 1. The second-order valence-electron chi connectivity index (χ2n) is 8.89. The van der Waals surface area contributed by atoms with Crippen LogP contribution in [0.25, 0.3) is 0 Å². The lowest BCUT2D eigenvalue weighted by Gasteiger charge is -2.38. The Morgan fingerprint density at radius 3 is 2.05 bits per heavy atom. The van der Waals surface area contributed by atoms with Gasteiger partial charge in [0.05, 0.1) is 12.7 Å². The monoisotopic (exact) mass is 561 g/mol. The zero-order valence-electron chi connectivity index (χ0n) is 19.8. The molecule has 1 aromatic heterocycles. The van der Waals surface area contributed by atoms with Gasteiger partial charge < -0.3 is 24.7 Å². The predicted molar refractivity (Wildman–Crippen MR) is 114 cm³/mol. The number of halogens is 7. The van der Waals surface area contributed by atoms with Gasteiger partial charge in [0.1, 0.15) is 0 Å². The molecule has 38 heavy (non-hydrogen) atoms. The van der Waals surface area contributed by atoms with Crippen LogP contribution in [0.1, 0.15) is 29.6 Å². The largest absolute Gasteiger partial charge is 0.490 e. The van der Waals surface area contributed by atoms with Crippen LogP contribution < -0.4 is 0 Å². The van der Waals surface area contributed by atoms with Gasteiger partial charge in [-0.05, 0) is 31.2 Å². The van der Waals surface area contributed by atoms with E-state index in [9.17, 15) is 35.5 Å². The molecule has 3 aliphatic rings. The number of piperidine rings is 1. The lowest BCUT2D eigenvalue weighted by molar-refractivity contribution is -0.193. The third-order valence-corrected chi connectivity index (χ3v) is 5.89. The third-order valence-electron chi connectivity index (χ3n) is 5.89. The number of hydrogen-bond donors (Lipinski definition) is 2. The Kier molecular flexibility index (Phi) is 10.8. The standard InChI is InChI=1S/C18H24FN3O2.2C2HF3O2/c19-17-9-14(3-5-20-17)18(23)22-6-4-15-11-21(10-13-1-2-13)7-8-24-16(15)12-22;2*3-2(4,5)1(6)7/h3,5,9,13,15-16H,1-2,4,6-8,10-12H2;2*(H,6,7)/t15-,16-;;/m1../s1. The fourth-order valence-electron chi connectivity index (χ4n) is 3.85. The van der Waals surface area contributed by atoms with Gasteiger partial charge in [0.2, 0.25) is 5.95 Å². The van der Waals surface area contributed by atoms with E-state index in [1.165, 1.54) is 31.6 Å². The minimum atomic E-state index is -5.08. The van der Waals surface area contributed by atoms with Crippen LogP contribution in [-0.2, 0) is 14.3 Å². The molecule has 1 aliphatic carbocycles. The Hall–Kier alpha value is -3.01. The molecule has 0 radical (unpaired) electrons. The van der Waals surface area contributed by atoms with Gasteiger partial charge in [-0.25, -0.2) is 14.6 Å². The molecule has 1 saturated carbocycles. The summed E-state index contributed by atoms with van der Waals surface area (Å²) < 4.78 is 82.8. The summed E-state index contributed by atoms with van der Waals surface area (Å²) in [6.07, 6.45) is -5.04. The number of hydrogen-bond acceptors (Lipinski definition) is 6. The summed E-state index contributed by atoms with van der Waals surface area (Å²) in [5.41, 5.74) is 0.366. The van der Waals surface area contributed by atoms with E-state index in [1.807, 2.05) is 0 Å². The first-order chi connectivity index (χ1) is 17.6. The fourth-order valence-corrected chi connectivity index (χ4v) is 3.85. The van der Waals surface area contributed by atoms with Gasteiger partial charge in [-0.3, -0.25) is 4.79 Å². The van der Waals surface area contributed by atoms with Gasteiger partial charge in [-0.2, -0.15) is 30.7 Å². The van der Waals surface area contributed by atoms with E-state index in [-0.39, 0.29) is 12.0 Å². The zero-order valence-corrected chi connectivity index (χ0v) is 19.8. The number of carbonyl (C=O) groups is 3. The quantitative estimate of drug-likeness (QED) is 0.427. The number of carboxylic acid groups (broad SMARTS) is 2. The van der Waals surface area contributed by atoms with Crippen molar-refractivity contribution in [3.63, 3.8) is 0 Å². The van der Waals surface area contributed by atoms with Gasteiger partial charge in [0.25, 0.3) is 5.91 Å². The highest BCUT2D eigenvalue weighted by atomic mass is 19.4. The molecule has 0 spiro atoms. The highest BCUT2D eigenvalue weighted by molar-refractivity contribution is 5.94. The van der Waals surface area contributed by atoms with E-state index in [0.717, 1.165) is 32.0 Å². The van der Waals surface area contributed by atoms with Crippen LogP contribution in [-0.4, -0.2) is 101 Å². The Labute approximate surface area is 212 Å². The minimum absolute atomic E-state index is 0.0959. The van der Waals surface area contributed by atoms with Crippen molar-refractivity contribution >= 4 is 17.8 Å². The maximum atomic E-state index is 13.3. The predicted octanol–water partition coefficient (Wildman–Crippen LogP) is 3.06. The molecule has 2 aliphatic heterocycles. The van der Waals surface area contributed by atoms with E-state index < -0.39 is 30.2 Å². The van der Waals surface area contributed by atoms with Crippen molar-refractivity contribution in [1.29, 1.82) is 0 Å². The molecule has 2 atom stereocenters. The SMILES string of the molecule is O=C(O)C(F)(F)F.O=C(O)C(F)(F)F.O=C(c1ccnc(F)c1)N1CC[C@@H]2CN(CC3CC3)CCO[C@@H]2C1. The number of amides is 1. The molecule has 2 saturated heterocycles. The minimum Gasteiger partial charge on any atom is -0.475 e. The number of likely N-dealkylation sites (tertiary alicyclic amines) is 1. The van der Waals surface area contributed by atoms with Gasteiger partial charge in [0, 0.05) is 56.5 Å². The van der Waals surface area contributed by atoms with Crippen LogP contribution in [0.5, 0.6) is 0 Å². The normalized spacial score (nSPS) is 22.0. The van der Waals surface area contributed by atoms with Crippen molar-refractivity contribution in [3.8, 4) is 0 Å². The van der Waals surface area contributed by atoms with Crippen molar-refractivity contribution in [2.75, 3.05) is 39.3 Å². The summed E-state index contributed by atoms with van der Waals surface area (Å²) in [6.45, 7) is 5.32. The highest BCUT2D eigenvalue weighted by Crippen LogP contribution is 2.32. The number of ether oxygens (including phenoxy) is 1. The van der Waals surface area contributed by atoms with E-state index in [2.05, 4.69) is 9.88 Å². The molecule has 4 rings (SSSR count). The van der Waals surface area contributed by atoms with Gasteiger partial charge in [-0.15, -0.1) is 0 Å². The maximum absolute atomic E-state index is 13.3. The number of fused-ring (bicyclic) bond motifs is 1. The number of nitrogens with zero attached hydrogens (tertiary/aromatic N) is 3. The van der Waals surface area contributed by atoms with Crippen LogP contribution in [0.2, 0.25) is 0 Å². The van der Waals surface area contributed by atoms with E-state index >= 15 is 0 Å². The summed E-state index contributed by atoms with van der Waals surface area (Å²) >= 11 is 0. The fraction of sp³-hybridized carbons (Fsp3) is 0.636. The van der Waals surface area contributed by atoms with Crippen molar-refractivity contribution in [3.05, 3.63) is 29.8 Å². The van der Waals surface area contributed by atoms with Crippen LogP contribution in [0.3, 0.4) is 0 Å². The number of aliphatic carboxylic acids is 2. The lowest BCUT2D eigenvalue weighted by atomic mass is 9.93. The Morgan fingerprint density at radius 1 is 0.974 bits per heavy atom. The number of aromatic nitrogens is 1. The summed E-state index contributed by atoms with van der Waals surface area (Å²) in [6, 6.07) is 2.78. The average molecular weight is 561 g/mol. The van der Waals surface area contributed by atoms with Crippen molar-refractivity contribution in [1.82, 2.24) is 14.8 Å². The lowest BCUT2D eigenvalue weighted by Crippen LogP contribution is -2.49. The molecule has 9 nitrogen and oxygen atoms in total. The van der Waals surface area contributed by atoms with Crippen LogP contribution in [0.15, 0.2) is 18.3 Å². The molecule has 0 bridgehead atoms. The van der Waals surface area contributed by atoms with E-state index in [0.29, 0.717) is 24.6 Å². The van der Waals surface area contributed by atoms with E-state index in [1.54, 1.807) is 11.0 Å². The van der Waals surface area contributed by atoms with Crippen LogP contribution >= 0.6 is 0 Å². The summed E-state index contributed by atoms with van der Waals surface area (Å²) in [5, 5.41) is 14.2. The van der Waals surface area contributed by atoms with Crippen molar-refractivity contribution in [2.24, 2.45) is 11.8 Å². The smallest absolute Gasteiger partial charge is 0.475 e. The molecule has 3 heterocycles. The zero-order chi connectivity index (χ0) is 28.7. The molecule has 1 amide bonds. The van der Waals surface area contributed by atoms with E-state index in [4.69, 9.17) is 24.5 Å². The first-order valence-electron chi connectivity index (χ1n) is 11.4. The highest BCUT2D eigenvalue weighted by Gasteiger charge is 2.39. The molecule has 16 heteroatoms. The molecule has 214 valence electrons. The summed E-state index contributed by atoms with van der Waals surface area (Å²) in [4.78, 5) is 38.2. The molecule has 0 unspecified atom stereocenters. The molecule has 3 fully saturated rings. The molecule has 0 aromatic carbocycles. The second-order valence-corrected chi connectivity index (χ2v) is 8.89. The first kappa shape index (κ1) is 31.2. The summed E-state index contributed by atoms with van der Waals surface area (Å²) in [7, 11) is 0. The second kappa shape index (κ2) is 13.2. The Morgan fingerprint density at radius 2 is 1.55 bits per heavy atom. The number of carboxylic acids is 2. The number of alkyl halides is 6. The van der Waals surface area contributed by atoms with Crippen molar-refractivity contribution < 1.29 is 60.1 Å². The first-order valence-corrected chi connectivity index (χ1v) is 11.4. The van der Waals surface area contributed by atoms with Gasteiger partial charge in [-0.1, -0.05) is 0 Å². The Bertz CT molecular complexity index is 947. The third kappa shape index (κ3) is 10.4. The number of carbonyl (C=O) groups excluding carboxylic acids is 1. The van der Waals surface area contributed by atoms with Gasteiger partial charge >= 0.3 is 24.3 Å². The summed E-state index contributed by atoms with van der Waals surface area (Å²) in [5.74, 6) is -4.87. The van der Waals surface area contributed by atoms with Crippen molar-refractivity contribution in [2.45, 2.75) is 37.7 Å². The van der Waals surface area contributed by atoms with Crippen LogP contribution in [0, 0.1) is 17.8 Å². The molecular weight excluding hydrogens is 535 g/mol. The average Bonchev–Trinajstić information content (AvgIpc) is 3.65. The van der Waals surface area contributed by atoms with Crippen LogP contribution in [0.4, 0.5) is 30.7 Å². The number of rotatable bonds is 3. The van der Waals surface area contributed by atoms with Gasteiger partial charge in [0.15, 0.2) is 0 Å². The molecule has 1 aromatic rings. The topological polar surface area (TPSA) is 120 Å². The maximum Gasteiger partial charge on any atom is 0.490 e.